The lowest BCUT2D eigenvalue weighted by Crippen LogP contribution is -2.15. The Bertz CT molecular complexity index is 646. The fourth-order valence-electron chi connectivity index (χ4n) is 1.40. The third-order valence-electron chi connectivity index (χ3n) is 2.26. The first-order valence-corrected chi connectivity index (χ1v) is 5.15. The summed E-state index contributed by atoms with van der Waals surface area (Å²) in [6, 6.07) is 3.76. The summed E-state index contributed by atoms with van der Waals surface area (Å²) in [6.45, 7) is 0. The van der Waals surface area contributed by atoms with Crippen LogP contribution in [0.1, 0.15) is 10.5 Å². The fourth-order valence-corrected chi connectivity index (χ4v) is 1.40. The molecule has 0 atom stereocenters. The summed E-state index contributed by atoms with van der Waals surface area (Å²) < 4.78 is 39.2. The minimum absolute atomic E-state index is 0.0935. The first-order valence-electron chi connectivity index (χ1n) is 5.15. The quantitative estimate of drug-likeness (QED) is 0.820. The van der Waals surface area contributed by atoms with Gasteiger partial charge in [0, 0.05) is 24.0 Å². The highest BCUT2D eigenvalue weighted by Gasteiger charge is 2.15. The lowest BCUT2D eigenvalue weighted by atomic mass is 10.2. The molecular formula is C12H8F3N3O. The van der Waals surface area contributed by atoms with Crippen molar-refractivity contribution in [2.75, 3.05) is 11.1 Å². The Hall–Kier alpha value is -2.57. The van der Waals surface area contributed by atoms with Gasteiger partial charge in [0.25, 0.3) is 5.91 Å². The Balaban J connectivity index is 2.29. The van der Waals surface area contributed by atoms with Crippen molar-refractivity contribution in [3.05, 3.63) is 53.6 Å². The third-order valence-corrected chi connectivity index (χ3v) is 2.26. The third kappa shape index (κ3) is 2.82. The molecule has 19 heavy (non-hydrogen) atoms. The Morgan fingerprint density at radius 3 is 2.63 bits per heavy atom. The topological polar surface area (TPSA) is 68.0 Å². The van der Waals surface area contributed by atoms with Crippen molar-refractivity contribution in [2.45, 2.75) is 0 Å². The van der Waals surface area contributed by atoms with Gasteiger partial charge in [-0.1, -0.05) is 0 Å². The van der Waals surface area contributed by atoms with Crippen LogP contribution in [-0.2, 0) is 0 Å². The predicted octanol–water partition coefficient (Wildman–Crippen LogP) is 2.33. The Labute approximate surface area is 106 Å². The molecule has 0 unspecified atom stereocenters. The van der Waals surface area contributed by atoms with Crippen LogP contribution in [-0.4, -0.2) is 10.9 Å². The van der Waals surface area contributed by atoms with E-state index in [4.69, 9.17) is 5.73 Å². The fraction of sp³-hybridized carbons (Fsp3) is 0. The summed E-state index contributed by atoms with van der Waals surface area (Å²) in [4.78, 5) is 15.4. The van der Waals surface area contributed by atoms with Gasteiger partial charge in [-0.3, -0.25) is 9.78 Å². The van der Waals surface area contributed by atoms with Gasteiger partial charge in [0.1, 0.15) is 11.5 Å². The zero-order valence-electron chi connectivity index (χ0n) is 9.45. The van der Waals surface area contributed by atoms with Crippen molar-refractivity contribution in [3.63, 3.8) is 0 Å². The molecule has 0 bridgehead atoms. The molecule has 1 aromatic heterocycles. The summed E-state index contributed by atoms with van der Waals surface area (Å²) in [5.74, 6) is -4.57. The van der Waals surface area contributed by atoms with Crippen LogP contribution in [0.5, 0.6) is 0 Å². The Kier molecular flexibility index (Phi) is 3.37. The van der Waals surface area contributed by atoms with Crippen molar-refractivity contribution in [1.29, 1.82) is 0 Å². The standard InChI is InChI=1S/C12H8F3N3O/c13-6-3-8(14)11(15)9(4-6)18-12(19)10-5-7(16)1-2-17-10/h1-5H,(H2,16,17)(H,18,19). The molecule has 98 valence electrons. The van der Waals surface area contributed by atoms with Gasteiger partial charge in [0.05, 0.1) is 5.69 Å². The number of anilines is 2. The molecule has 4 nitrogen and oxygen atoms in total. The number of carbonyl (C=O) groups excluding carboxylic acids is 1. The van der Waals surface area contributed by atoms with Crippen LogP contribution in [0.3, 0.4) is 0 Å². The lowest BCUT2D eigenvalue weighted by Gasteiger charge is -2.07. The average Bonchev–Trinajstić information content (AvgIpc) is 2.35. The molecule has 1 amide bonds. The van der Waals surface area contributed by atoms with Crippen molar-refractivity contribution in [3.8, 4) is 0 Å². The maximum Gasteiger partial charge on any atom is 0.274 e. The van der Waals surface area contributed by atoms with Gasteiger partial charge >= 0.3 is 0 Å². The normalized spacial score (nSPS) is 10.3. The van der Waals surface area contributed by atoms with Gasteiger partial charge in [0.15, 0.2) is 11.6 Å². The molecule has 0 aliphatic carbocycles. The summed E-state index contributed by atoms with van der Waals surface area (Å²) in [5.41, 5.74) is 5.04. The number of aromatic nitrogens is 1. The molecule has 0 aliphatic rings. The van der Waals surface area contributed by atoms with Crippen LogP contribution >= 0.6 is 0 Å². The van der Waals surface area contributed by atoms with E-state index in [2.05, 4.69) is 4.98 Å². The monoisotopic (exact) mass is 267 g/mol. The number of hydrogen-bond acceptors (Lipinski definition) is 3. The number of hydrogen-bond donors (Lipinski definition) is 2. The zero-order valence-corrected chi connectivity index (χ0v) is 9.45. The summed E-state index contributed by atoms with van der Waals surface area (Å²) in [7, 11) is 0. The van der Waals surface area contributed by atoms with E-state index < -0.39 is 29.0 Å². The van der Waals surface area contributed by atoms with Crippen molar-refractivity contribution in [2.24, 2.45) is 0 Å². The van der Waals surface area contributed by atoms with Gasteiger partial charge < -0.3 is 11.1 Å². The number of rotatable bonds is 2. The Morgan fingerprint density at radius 1 is 1.21 bits per heavy atom. The Morgan fingerprint density at radius 2 is 1.95 bits per heavy atom. The van der Waals surface area contributed by atoms with Crippen LogP contribution in [0.4, 0.5) is 24.5 Å². The first kappa shape index (κ1) is 12.9. The minimum Gasteiger partial charge on any atom is -0.399 e. The molecule has 0 spiro atoms. The number of benzene rings is 1. The molecule has 0 radical (unpaired) electrons. The smallest absolute Gasteiger partial charge is 0.274 e. The van der Waals surface area contributed by atoms with Crippen LogP contribution in [0.15, 0.2) is 30.5 Å². The second kappa shape index (κ2) is 4.97. The summed E-state index contributed by atoms with van der Waals surface area (Å²) >= 11 is 0. The maximum absolute atomic E-state index is 13.3. The van der Waals surface area contributed by atoms with Crippen molar-refractivity contribution in [1.82, 2.24) is 4.98 Å². The van der Waals surface area contributed by atoms with Crippen LogP contribution in [0.25, 0.3) is 0 Å². The molecule has 1 aromatic carbocycles. The average molecular weight is 267 g/mol. The van der Waals surface area contributed by atoms with E-state index in [1.807, 2.05) is 5.32 Å². The number of pyridine rings is 1. The molecule has 0 fully saturated rings. The molecule has 7 heteroatoms. The number of nitrogen functional groups attached to an aromatic ring is 1. The molecule has 0 aliphatic heterocycles. The minimum atomic E-state index is -1.39. The molecule has 3 N–H and O–H groups in total. The number of amides is 1. The van der Waals surface area contributed by atoms with Gasteiger partial charge in [-0.15, -0.1) is 0 Å². The summed E-state index contributed by atoms with van der Waals surface area (Å²) in [5, 5.41) is 2.02. The van der Waals surface area contributed by atoms with Crippen LogP contribution in [0.2, 0.25) is 0 Å². The predicted molar refractivity (Wildman–Crippen MR) is 62.9 cm³/mol. The molecule has 0 saturated carbocycles. The highest BCUT2D eigenvalue weighted by molar-refractivity contribution is 6.03. The highest BCUT2D eigenvalue weighted by atomic mass is 19.2. The highest BCUT2D eigenvalue weighted by Crippen LogP contribution is 2.19. The summed E-state index contributed by atoms with van der Waals surface area (Å²) in [6.07, 6.45) is 1.28. The van der Waals surface area contributed by atoms with Crippen molar-refractivity contribution < 1.29 is 18.0 Å². The molecule has 0 saturated heterocycles. The van der Waals surface area contributed by atoms with E-state index >= 15 is 0 Å². The molecular weight excluding hydrogens is 259 g/mol. The maximum atomic E-state index is 13.3. The molecule has 1 heterocycles. The van der Waals surface area contributed by atoms with E-state index in [9.17, 15) is 18.0 Å². The van der Waals surface area contributed by atoms with Crippen LogP contribution < -0.4 is 11.1 Å². The SMILES string of the molecule is Nc1ccnc(C(=O)Nc2cc(F)cc(F)c2F)c1. The van der Waals surface area contributed by atoms with Gasteiger partial charge in [-0.05, 0) is 12.1 Å². The van der Waals surface area contributed by atoms with E-state index in [0.29, 0.717) is 12.1 Å². The van der Waals surface area contributed by atoms with E-state index in [0.717, 1.165) is 0 Å². The number of nitrogens with two attached hydrogens (primary N) is 1. The molecule has 2 rings (SSSR count). The molecule has 2 aromatic rings. The van der Waals surface area contributed by atoms with E-state index in [-0.39, 0.29) is 11.4 Å². The van der Waals surface area contributed by atoms with Gasteiger partial charge in [-0.25, -0.2) is 13.2 Å². The van der Waals surface area contributed by atoms with Gasteiger partial charge in [-0.2, -0.15) is 0 Å². The largest absolute Gasteiger partial charge is 0.399 e. The number of carbonyl (C=O) groups is 1. The second-order valence-corrected chi connectivity index (χ2v) is 3.68. The van der Waals surface area contributed by atoms with E-state index in [1.165, 1.54) is 18.3 Å². The van der Waals surface area contributed by atoms with Crippen molar-refractivity contribution >= 4 is 17.3 Å². The number of halogens is 3. The van der Waals surface area contributed by atoms with Gasteiger partial charge in [0.2, 0.25) is 0 Å². The number of nitrogens with one attached hydrogen (secondary N) is 1. The second-order valence-electron chi connectivity index (χ2n) is 3.68. The first-order chi connectivity index (χ1) is 8.97. The van der Waals surface area contributed by atoms with Crippen LogP contribution in [0, 0.1) is 17.5 Å². The number of nitrogens with zero attached hydrogens (tertiary/aromatic N) is 1. The zero-order chi connectivity index (χ0) is 14.0. The van der Waals surface area contributed by atoms with E-state index in [1.54, 1.807) is 0 Å². The lowest BCUT2D eigenvalue weighted by molar-refractivity contribution is 0.102.